The highest BCUT2D eigenvalue weighted by molar-refractivity contribution is 4.95. The molecule has 3 nitrogen and oxygen atoms in total. The Morgan fingerprint density at radius 1 is 1.75 bits per heavy atom. The van der Waals surface area contributed by atoms with E-state index in [1.807, 2.05) is 26.2 Å². The van der Waals surface area contributed by atoms with Crippen LogP contribution >= 0.6 is 0 Å². The Kier molecular flexibility index (Phi) is 1.20. The van der Waals surface area contributed by atoms with Crippen molar-refractivity contribution in [1.29, 1.82) is 0 Å². The first kappa shape index (κ1) is 5.15. The Balaban J connectivity index is 2.84. The molecule has 3 heteroatoms. The van der Waals surface area contributed by atoms with Crippen LogP contribution in [-0.2, 0) is 0 Å². The van der Waals surface area contributed by atoms with Gasteiger partial charge in [0.25, 0.3) is 0 Å². The number of aryl methyl sites for hydroxylation is 1. The van der Waals surface area contributed by atoms with Crippen LogP contribution in [-0.4, -0.2) is 16.9 Å². The summed E-state index contributed by atoms with van der Waals surface area (Å²) in [6, 6.07) is 1.94. The van der Waals surface area contributed by atoms with Crippen LogP contribution in [0.3, 0.4) is 0 Å². The van der Waals surface area contributed by atoms with Gasteiger partial charge in [0.05, 0.1) is 5.69 Å². The van der Waals surface area contributed by atoms with E-state index in [2.05, 4.69) is 10.5 Å². The largest absolute Gasteiger partial charge is 0.313 e. The topological polar surface area (TPSA) is 29.9 Å². The van der Waals surface area contributed by atoms with Gasteiger partial charge in [0.1, 0.15) is 0 Å². The van der Waals surface area contributed by atoms with Gasteiger partial charge in [0, 0.05) is 13.2 Å². The second kappa shape index (κ2) is 1.86. The molecule has 44 valence electrons. The van der Waals surface area contributed by atoms with E-state index in [4.69, 9.17) is 0 Å². The summed E-state index contributed by atoms with van der Waals surface area (Å²) in [5.74, 6) is 0. The molecule has 0 saturated heterocycles. The fraction of sp³-hybridized carbons (Fsp3) is 0.400. The van der Waals surface area contributed by atoms with E-state index >= 15 is 0 Å². The average molecular weight is 111 g/mol. The Labute approximate surface area is 48.3 Å². The molecular formula is C5H9N3. The van der Waals surface area contributed by atoms with Gasteiger partial charge in [-0.1, -0.05) is 0 Å². The molecule has 0 fully saturated rings. The Hall–Kier alpha value is -0.990. The summed E-state index contributed by atoms with van der Waals surface area (Å²) < 4.78 is 0. The molecule has 0 aliphatic rings. The molecule has 1 heterocycles. The molecule has 8 heavy (non-hydrogen) atoms. The normalized spacial score (nSPS) is 9.25. The van der Waals surface area contributed by atoms with E-state index in [-0.39, 0.29) is 0 Å². The fourth-order valence-electron chi connectivity index (χ4n) is 0.540. The molecule has 0 amide bonds. The molecular weight excluding hydrogens is 102 g/mol. The zero-order chi connectivity index (χ0) is 5.98. The smallest absolute Gasteiger partial charge is 0.0614 e. The molecule has 0 aromatic carbocycles. The quantitative estimate of drug-likeness (QED) is 0.567. The van der Waals surface area contributed by atoms with Gasteiger partial charge in [0.15, 0.2) is 0 Å². The summed E-state index contributed by atoms with van der Waals surface area (Å²) in [6.07, 6.45) is 1.87. The van der Waals surface area contributed by atoms with Crippen molar-refractivity contribution in [2.75, 3.05) is 12.5 Å². The van der Waals surface area contributed by atoms with Crippen molar-refractivity contribution >= 4 is 0 Å². The van der Waals surface area contributed by atoms with Gasteiger partial charge in [-0.05, 0) is 13.0 Å². The van der Waals surface area contributed by atoms with E-state index in [1.54, 1.807) is 4.79 Å². The first-order chi connectivity index (χ1) is 3.83. The standard InChI is InChI=1S/C5H9N3/c1-5-3-4-8(6-2)7-5/h3-4,6H,1-2H3. The minimum Gasteiger partial charge on any atom is -0.313 e. The maximum Gasteiger partial charge on any atom is 0.0614 e. The maximum absolute atomic E-state index is 4.03. The summed E-state index contributed by atoms with van der Waals surface area (Å²) in [5.41, 5.74) is 3.88. The van der Waals surface area contributed by atoms with Gasteiger partial charge in [-0.15, -0.1) is 0 Å². The number of hydrogen-bond donors (Lipinski definition) is 1. The summed E-state index contributed by atoms with van der Waals surface area (Å²) in [4.78, 5) is 1.66. The second-order valence-electron chi connectivity index (χ2n) is 1.63. The molecule has 1 aromatic heterocycles. The highest BCUT2D eigenvalue weighted by Gasteiger charge is 1.85. The lowest BCUT2D eigenvalue weighted by Crippen LogP contribution is -2.08. The highest BCUT2D eigenvalue weighted by atomic mass is 15.5. The van der Waals surface area contributed by atoms with Gasteiger partial charge >= 0.3 is 0 Å². The lowest BCUT2D eigenvalue weighted by atomic mass is 10.5. The lowest BCUT2D eigenvalue weighted by molar-refractivity contribution is 0.771. The average Bonchev–Trinajstić information content (AvgIpc) is 2.14. The van der Waals surface area contributed by atoms with Crippen LogP contribution in [0, 0.1) is 6.92 Å². The third-order valence-electron chi connectivity index (χ3n) is 0.952. The SMILES string of the molecule is CNn1ccc(C)n1. The van der Waals surface area contributed by atoms with Crippen molar-refractivity contribution in [2.45, 2.75) is 6.92 Å². The van der Waals surface area contributed by atoms with Crippen LogP contribution in [0.15, 0.2) is 12.3 Å². The maximum atomic E-state index is 4.03. The summed E-state index contributed by atoms with van der Waals surface area (Å²) in [6.45, 7) is 1.95. The number of nitrogens with zero attached hydrogens (tertiary/aromatic N) is 2. The third-order valence-corrected chi connectivity index (χ3v) is 0.952. The van der Waals surface area contributed by atoms with Crippen LogP contribution in [0.2, 0.25) is 0 Å². The number of aromatic nitrogens is 2. The van der Waals surface area contributed by atoms with Gasteiger partial charge in [0.2, 0.25) is 0 Å². The van der Waals surface area contributed by atoms with Crippen molar-refractivity contribution in [1.82, 2.24) is 9.89 Å². The summed E-state index contributed by atoms with van der Waals surface area (Å²) in [5, 5.41) is 4.03. The van der Waals surface area contributed by atoms with Gasteiger partial charge in [-0.3, -0.25) is 0 Å². The zero-order valence-corrected chi connectivity index (χ0v) is 5.05. The molecule has 0 unspecified atom stereocenters. The molecule has 0 radical (unpaired) electrons. The van der Waals surface area contributed by atoms with Crippen LogP contribution < -0.4 is 5.43 Å². The molecule has 0 saturated carbocycles. The Bertz CT molecular complexity index is 168. The minimum absolute atomic E-state index is 1.03. The molecule has 1 rings (SSSR count). The highest BCUT2D eigenvalue weighted by Crippen LogP contribution is 1.87. The second-order valence-corrected chi connectivity index (χ2v) is 1.63. The van der Waals surface area contributed by atoms with Crippen molar-refractivity contribution < 1.29 is 0 Å². The van der Waals surface area contributed by atoms with Crippen molar-refractivity contribution in [3.63, 3.8) is 0 Å². The van der Waals surface area contributed by atoms with Crippen LogP contribution in [0.5, 0.6) is 0 Å². The monoisotopic (exact) mass is 111 g/mol. The summed E-state index contributed by atoms with van der Waals surface area (Å²) >= 11 is 0. The van der Waals surface area contributed by atoms with Crippen LogP contribution in [0.1, 0.15) is 5.69 Å². The molecule has 0 bridgehead atoms. The molecule has 0 spiro atoms. The van der Waals surface area contributed by atoms with Crippen molar-refractivity contribution in [2.24, 2.45) is 0 Å². The molecule has 1 aromatic rings. The predicted octanol–water partition coefficient (Wildman–Crippen LogP) is 0.365. The molecule has 0 aliphatic heterocycles. The van der Waals surface area contributed by atoms with Gasteiger partial charge in [-0.25, -0.2) is 0 Å². The summed E-state index contributed by atoms with van der Waals surface area (Å²) in [7, 11) is 1.83. The van der Waals surface area contributed by atoms with E-state index < -0.39 is 0 Å². The minimum atomic E-state index is 1.03. The Morgan fingerprint density at radius 2 is 2.50 bits per heavy atom. The van der Waals surface area contributed by atoms with E-state index in [0.717, 1.165) is 5.69 Å². The molecule has 0 aliphatic carbocycles. The Morgan fingerprint density at radius 3 is 2.75 bits per heavy atom. The predicted molar refractivity (Wildman–Crippen MR) is 32.2 cm³/mol. The van der Waals surface area contributed by atoms with Crippen molar-refractivity contribution in [3.8, 4) is 0 Å². The van der Waals surface area contributed by atoms with Gasteiger partial charge in [-0.2, -0.15) is 9.89 Å². The first-order valence-corrected chi connectivity index (χ1v) is 2.53. The lowest BCUT2D eigenvalue weighted by Gasteiger charge is -1.93. The molecule has 1 N–H and O–H groups in total. The first-order valence-electron chi connectivity index (χ1n) is 2.53. The van der Waals surface area contributed by atoms with E-state index in [0.29, 0.717) is 0 Å². The molecule has 0 atom stereocenters. The van der Waals surface area contributed by atoms with E-state index in [9.17, 15) is 0 Å². The number of hydrogen-bond acceptors (Lipinski definition) is 2. The number of nitrogens with one attached hydrogen (secondary N) is 1. The van der Waals surface area contributed by atoms with E-state index in [1.165, 1.54) is 0 Å². The van der Waals surface area contributed by atoms with Crippen molar-refractivity contribution in [3.05, 3.63) is 18.0 Å². The zero-order valence-electron chi connectivity index (χ0n) is 5.05. The van der Waals surface area contributed by atoms with Gasteiger partial charge < -0.3 is 5.43 Å². The van der Waals surface area contributed by atoms with Crippen LogP contribution in [0.4, 0.5) is 0 Å². The number of rotatable bonds is 1. The van der Waals surface area contributed by atoms with Crippen LogP contribution in [0.25, 0.3) is 0 Å². The third kappa shape index (κ3) is 0.804. The fourth-order valence-corrected chi connectivity index (χ4v) is 0.540.